The van der Waals surface area contributed by atoms with Crippen molar-refractivity contribution >= 4 is 40.0 Å². The molecule has 140 valence electrons. The number of guanidine groups is 1. The molecule has 1 atom stereocenters. The largest absolute Gasteiger partial charge is 0.357 e. The lowest BCUT2D eigenvalue weighted by Gasteiger charge is -2.17. The Kier molecular flexibility index (Phi) is 16.9. The van der Waals surface area contributed by atoms with E-state index in [2.05, 4.69) is 34.2 Å². The van der Waals surface area contributed by atoms with Crippen molar-refractivity contribution in [3.8, 4) is 0 Å². The number of halogens is 1. The Morgan fingerprint density at radius 1 is 1.13 bits per heavy atom. The van der Waals surface area contributed by atoms with Crippen LogP contribution in [0.25, 0.3) is 0 Å². The van der Waals surface area contributed by atoms with E-state index < -0.39 is 10.0 Å². The minimum Gasteiger partial charge on any atom is -0.357 e. The number of hydrogen-bond acceptors (Lipinski definition) is 3. The maximum atomic E-state index is 11.3. The lowest BCUT2D eigenvalue weighted by atomic mass is 10.1. The molecule has 0 rings (SSSR count). The first kappa shape index (κ1) is 25.2. The van der Waals surface area contributed by atoms with Crippen molar-refractivity contribution in [2.24, 2.45) is 4.99 Å². The Morgan fingerprint density at radius 3 is 2.39 bits per heavy atom. The van der Waals surface area contributed by atoms with Gasteiger partial charge in [-0.15, -0.1) is 24.0 Å². The molecule has 0 aromatic heterocycles. The topological polar surface area (TPSA) is 82.6 Å². The highest BCUT2D eigenvalue weighted by Crippen LogP contribution is 2.05. The normalized spacial score (nSPS) is 13.3. The van der Waals surface area contributed by atoms with Crippen molar-refractivity contribution in [2.45, 2.75) is 65.8 Å². The third-order valence-corrected chi connectivity index (χ3v) is 4.71. The zero-order chi connectivity index (χ0) is 16.8. The van der Waals surface area contributed by atoms with E-state index in [4.69, 9.17) is 0 Å². The third kappa shape index (κ3) is 15.2. The number of aliphatic imine (C=N–C) groups is 1. The summed E-state index contributed by atoms with van der Waals surface area (Å²) in [6.45, 7) is 9.55. The standard InChI is InChI=1S/C15H34N4O2S.HI/c1-5-8-9-10-11-14(4)19-15(16-6-2)17-12-13-18-22(20,21)7-3;/h14,18H,5-13H2,1-4H3,(H2,16,17,19);1H. The number of nitrogens with zero attached hydrogens (tertiary/aromatic N) is 1. The summed E-state index contributed by atoms with van der Waals surface area (Å²) in [7, 11) is -3.13. The van der Waals surface area contributed by atoms with Crippen molar-refractivity contribution in [3.63, 3.8) is 0 Å². The number of nitrogens with one attached hydrogen (secondary N) is 3. The van der Waals surface area contributed by atoms with Gasteiger partial charge in [-0.3, -0.25) is 4.99 Å². The zero-order valence-corrected chi connectivity index (χ0v) is 18.2. The molecule has 0 aromatic carbocycles. The van der Waals surface area contributed by atoms with Gasteiger partial charge in [-0.1, -0.05) is 32.6 Å². The Balaban J connectivity index is 0. The third-order valence-electron chi connectivity index (χ3n) is 3.30. The average molecular weight is 462 g/mol. The summed E-state index contributed by atoms with van der Waals surface area (Å²) >= 11 is 0. The minimum atomic E-state index is -3.13. The highest BCUT2D eigenvalue weighted by Gasteiger charge is 2.06. The maximum absolute atomic E-state index is 11.3. The molecule has 23 heavy (non-hydrogen) atoms. The second-order valence-electron chi connectivity index (χ2n) is 5.45. The first-order valence-corrected chi connectivity index (χ1v) is 10.1. The fraction of sp³-hybridized carbons (Fsp3) is 0.933. The second kappa shape index (κ2) is 15.4. The van der Waals surface area contributed by atoms with Gasteiger partial charge in [0.1, 0.15) is 0 Å². The van der Waals surface area contributed by atoms with Crippen LogP contribution in [0.1, 0.15) is 59.8 Å². The average Bonchev–Trinajstić information content (AvgIpc) is 2.48. The van der Waals surface area contributed by atoms with Crippen molar-refractivity contribution in [1.29, 1.82) is 0 Å². The van der Waals surface area contributed by atoms with Gasteiger partial charge in [-0.05, 0) is 27.2 Å². The molecule has 0 aliphatic carbocycles. The smallest absolute Gasteiger partial charge is 0.211 e. The van der Waals surface area contributed by atoms with Crippen molar-refractivity contribution in [1.82, 2.24) is 15.4 Å². The van der Waals surface area contributed by atoms with Crippen molar-refractivity contribution < 1.29 is 8.42 Å². The van der Waals surface area contributed by atoms with Gasteiger partial charge in [0.25, 0.3) is 0 Å². The Hall–Kier alpha value is -0.0900. The van der Waals surface area contributed by atoms with Crippen LogP contribution >= 0.6 is 24.0 Å². The first-order chi connectivity index (χ1) is 10.4. The molecule has 0 fully saturated rings. The highest BCUT2D eigenvalue weighted by atomic mass is 127. The van der Waals surface area contributed by atoms with Crippen molar-refractivity contribution in [3.05, 3.63) is 0 Å². The quantitative estimate of drug-likeness (QED) is 0.180. The van der Waals surface area contributed by atoms with E-state index in [1.54, 1.807) is 6.92 Å². The van der Waals surface area contributed by atoms with E-state index in [0.717, 1.165) is 18.9 Å². The van der Waals surface area contributed by atoms with Gasteiger partial charge in [0, 0.05) is 19.1 Å². The number of hydrogen-bond donors (Lipinski definition) is 3. The molecule has 0 spiro atoms. The maximum Gasteiger partial charge on any atom is 0.211 e. The molecular formula is C15H35IN4O2S. The number of rotatable bonds is 12. The van der Waals surface area contributed by atoms with Crippen LogP contribution in [0, 0.1) is 0 Å². The molecule has 3 N–H and O–H groups in total. The van der Waals surface area contributed by atoms with Crippen LogP contribution < -0.4 is 15.4 Å². The van der Waals surface area contributed by atoms with Gasteiger partial charge in [0.05, 0.1) is 12.3 Å². The van der Waals surface area contributed by atoms with E-state index in [-0.39, 0.29) is 29.7 Å². The molecule has 0 saturated heterocycles. The summed E-state index contributed by atoms with van der Waals surface area (Å²) in [6, 6.07) is 0.363. The predicted molar refractivity (Wildman–Crippen MR) is 110 cm³/mol. The van der Waals surface area contributed by atoms with Crippen LogP contribution in [0.4, 0.5) is 0 Å². The SMILES string of the molecule is CCCCCCC(C)NC(=NCCNS(=O)(=O)CC)NCC.I. The molecule has 8 heteroatoms. The summed E-state index contributed by atoms with van der Waals surface area (Å²) in [5, 5.41) is 6.56. The Bertz CT molecular complexity index is 402. The van der Waals surface area contributed by atoms with Crippen LogP contribution in [-0.2, 0) is 10.0 Å². The van der Waals surface area contributed by atoms with Gasteiger partial charge in [-0.2, -0.15) is 0 Å². The highest BCUT2D eigenvalue weighted by molar-refractivity contribution is 14.0. The van der Waals surface area contributed by atoms with Crippen LogP contribution in [0.3, 0.4) is 0 Å². The van der Waals surface area contributed by atoms with Gasteiger partial charge in [-0.25, -0.2) is 13.1 Å². The molecule has 0 aliphatic heterocycles. The monoisotopic (exact) mass is 462 g/mol. The fourth-order valence-corrected chi connectivity index (χ4v) is 2.58. The molecule has 6 nitrogen and oxygen atoms in total. The van der Waals surface area contributed by atoms with Gasteiger partial charge in [0.2, 0.25) is 10.0 Å². The zero-order valence-electron chi connectivity index (χ0n) is 15.0. The molecule has 0 aliphatic rings. The molecule has 0 bridgehead atoms. The second-order valence-corrected chi connectivity index (χ2v) is 7.55. The molecular weight excluding hydrogens is 427 g/mol. The van der Waals surface area contributed by atoms with E-state index >= 15 is 0 Å². The van der Waals surface area contributed by atoms with Crippen LogP contribution in [0.5, 0.6) is 0 Å². The van der Waals surface area contributed by atoms with E-state index in [1.807, 2.05) is 6.92 Å². The van der Waals surface area contributed by atoms with Crippen LogP contribution in [-0.4, -0.2) is 45.8 Å². The summed E-state index contributed by atoms with van der Waals surface area (Å²) < 4.78 is 25.2. The van der Waals surface area contributed by atoms with E-state index in [1.165, 1.54) is 25.7 Å². The Labute approximate surface area is 159 Å². The van der Waals surface area contributed by atoms with E-state index in [0.29, 0.717) is 19.1 Å². The van der Waals surface area contributed by atoms with E-state index in [9.17, 15) is 8.42 Å². The summed E-state index contributed by atoms with van der Waals surface area (Å²) in [4.78, 5) is 4.40. The molecule has 0 saturated carbocycles. The first-order valence-electron chi connectivity index (χ1n) is 8.47. The molecule has 0 heterocycles. The van der Waals surface area contributed by atoms with Gasteiger partial charge >= 0.3 is 0 Å². The fourth-order valence-electron chi connectivity index (χ4n) is 1.97. The summed E-state index contributed by atoms with van der Waals surface area (Å²) in [5.41, 5.74) is 0. The van der Waals surface area contributed by atoms with Crippen LogP contribution in [0.2, 0.25) is 0 Å². The van der Waals surface area contributed by atoms with Gasteiger partial charge < -0.3 is 10.6 Å². The summed E-state index contributed by atoms with van der Waals surface area (Å²) in [5.74, 6) is 0.852. The minimum absolute atomic E-state index is 0. The Morgan fingerprint density at radius 2 is 1.83 bits per heavy atom. The van der Waals surface area contributed by atoms with Crippen molar-refractivity contribution in [2.75, 3.05) is 25.4 Å². The lowest BCUT2D eigenvalue weighted by Crippen LogP contribution is -2.42. The van der Waals surface area contributed by atoms with Gasteiger partial charge in [0.15, 0.2) is 5.96 Å². The lowest BCUT2D eigenvalue weighted by molar-refractivity contribution is 0.537. The van der Waals surface area contributed by atoms with Crippen LogP contribution in [0.15, 0.2) is 4.99 Å². The molecule has 0 radical (unpaired) electrons. The molecule has 1 unspecified atom stereocenters. The number of sulfonamides is 1. The summed E-state index contributed by atoms with van der Waals surface area (Å²) in [6.07, 6.45) is 6.15. The number of unbranched alkanes of at least 4 members (excludes halogenated alkanes) is 3. The predicted octanol–water partition coefficient (Wildman–Crippen LogP) is 2.46. The molecule has 0 amide bonds. The molecule has 0 aromatic rings.